The summed E-state index contributed by atoms with van der Waals surface area (Å²) in [6.45, 7) is 1.73. The molecule has 0 saturated heterocycles. The summed E-state index contributed by atoms with van der Waals surface area (Å²) in [5.74, 6) is 0. The number of sulfonamides is 1. The number of thiophene rings is 1. The lowest BCUT2D eigenvalue weighted by molar-refractivity contribution is -0.387. The fraction of sp³-hybridized carbons (Fsp3) is 0.231. The van der Waals surface area contributed by atoms with Crippen LogP contribution in [0.2, 0.25) is 0 Å². The zero-order valence-electron chi connectivity index (χ0n) is 11.5. The molecular formula is C13H14N2O4S2. The quantitative estimate of drug-likeness (QED) is 0.625. The minimum Gasteiger partial charge on any atom is -0.258 e. The molecule has 1 aromatic carbocycles. The van der Waals surface area contributed by atoms with Crippen LogP contribution < -0.4 is 0 Å². The Balaban J connectivity index is 2.46. The van der Waals surface area contributed by atoms with E-state index in [0.29, 0.717) is 5.56 Å². The first-order valence-electron chi connectivity index (χ1n) is 6.05. The van der Waals surface area contributed by atoms with Gasteiger partial charge in [0.25, 0.3) is 5.69 Å². The van der Waals surface area contributed by atoms with Crippen LogP contribution in [-0.4, -0.2) is 24.7 Å². The van der Waals surface area contributed by atoms with E-state index in [1.807, 2.05) is 16.8 Å². The summed E-state index contributed by atoms with van der Waals surface area (Å²) < 4.78 is 26.4. The lowest BCUT2D eigenvalue weighted by Crippen LogP contribution is -2.27. The summed E-state index contributed by atoms with van der Waals surface area (Å²) in [7, 11) is -2.51. The van der Waals surface area contributed by atoms with Crippen LogP contribution in [0.1, 0.15) is 11.1 Å². The van der Waals surface area contributed by atoms with Gasteiger partial charge in [-0.05, 0) is 34.9 Å². The van der Waals surface area contributed by atoms with E-state index >= 15 is 0 Å². The van der Waals surface area contributed by atoms with Gasteiger partial charge in [0, 0.05) is 19.7 Å². The van der Waals surface area contributed by atoms with Crippen molar-refractivity contribution in [2.24, 2.45) is 0 Å². The monoisotopic (exact) mass is 326 g/mol. The van der Waals surface area contributed by atoms with Crippen LogP contribution in [0.4, 0.5) is 5.69 Å². The van der Waals surface area contributed by atoms with Crippen molar-refractivity contribution in [3.8, 4) is 0 Å². The van der Waals surface area contributed by atoms with E-state index in [1.165, 1.54) is 30.5 Å². The number of nitro benzene ring substituents is 1. The number of nitrogens with zero attached hydrogens (tertiary/aromatic N) is 2. The number of hydrogen-bond donors (Lipinski definition) is 0. The highest BCUT2D eigenvalue weighted by Gasteiger charge is 2.31. The molecule has 1 aromatic heterocycles. The van der Waals surface area contributed by atoms with Gasteiger partial charge in [-0.2, -0.15) is 15.6 Å². The molecule has 0 fully saturated rings. The highest BCUT2D eigenvalue weighted by atomic mass is 32.2. The Labute approximate surface area is 126 Å². The Morgan fingerprint density at radius 2 is 2.05 bits per heavy atom. The largest absolute Gasteiger partial charge is 0.289 e. The lowest BCUT2D eigenvalue weighted by atomic mass is 10.2. The van der Waals surface area contributed by atoms with Gasteiger partial charge >= 0.3 is 0 Å². The highest BCUT2D eigenvalue weighted by molar-refractivity contribution is 7.89. The maximum atomic E-state index is 12.6. The van der Waals surface area contributed by atoms with Gasteiger partial charge in [0.15, 0.2) is 4.90 Å². The summed E-state index contributed by atoms with van der Waals surface area (Å²) in [6, 6.07) is 6.06. The van der Waals surface area contributed by atoms with Crippen molar-refractivity contribution in [2.75, 3.05) is 7.05 Å². The zero-order chi connectivity index (χ0) is 15.6. The van der Waals surface area contributed by atoms with E-state index < -0.39 is 20.6 Å². The van der Waals surface area contributed by atoms with Crippen molar-refractivity contribution >= 4 is 27.0 Å². The van der Waals surface area contributed by atoms with Gasteiger partial charge in [-0.25, -0.2) is 8.42 Å². The van der Waals surface area contributed by atoms with Crippen LogP contribution in [-0.2, 0) is 16.6 Å². The summed E-state index contributed by atoms with van der Waals surface area (Å²) in [5, 5.41) is 14.8. The fourth-order valence-corrected chi connectivity index (χ4v) is 4.17. The lowest BCUT2D eigenvalue weighted by Gasteiger charge is -2.17. The maximum Gasteiger partial charge on any atom is 0.289 e. The van der Waals surface area contributed by atoms with E-state index in [-0.39, 0.29) is 11.4 Å². The van der Waals surface area contributed by atoms with Crippen molar-refractivity contribution < 1.29 is 13.3 Å². The number of hydrogen-bond acceptors (Lipinski definition) is 5. The molecule has 2 aromatic rings. The van der Waals surface area contributed by atoms with Crippen molar-refractivity contribution in [3.63, 3.8) is 0 Å². The maximum absolute atomic E-state index is 12.6. The van der Waals surface area contributed by atoms with Crippen LogP contribution in [0.5, 0.6) is 0 Å². The molecule has 0 atom stereocenters. The number of rotatable bonds is 5. The first-order valence-corrected chi connectivity index (χ1v) is 8.43. The molecule has 0 unspecified atom stereocenters. The Hall–Kier alpha value is -1.77. The first-order chi connectivity index (χ1) is 9.84. The second-order valence-electron chi connectivity index (χ2n) is 4.57. The molecule has 1 heterocycles. The second-order valence-corrected chi connectivity index (χ2v) is 7.33. The van der Waals surface area contributed by atoms with Gasteiger partial charge in [0.1, 0.15) is 0 Å². The summed E-state index contributed by atoms with van der Waals surface area (Å²) in [6.07, 6.45) is 0. The van der Waals surface area contributed by atoms with Crippen molar-refractivity contribution in [2.45, 2.75) is 18.4 Å². The Kier molecular flexibility index (Phi) is 4.40. The van der Waals surface area contributed by atoms with Crippen LogP contribution in [0, 0.1) is 17.0 Å². The normalized spacial score (nSPS) is 11.8. The van der Waals surface area contributed by atoms with Crippen molar-refractivity contribution in [3.05, 3.63) is 56.3 Å². The molecule has 0 aliphatic heterocycles. The number of nitro groups is 1. The molecule has 0 aliphatic rings. The van der Waals surface area contributed by atoms with Crippen molar-refractivity contribution in [1.29, 1.82) is 0 Å². The summed E-state index contributed by atoms with van der Waals surface area (Å²) in [4.78, 5) is 10.2. The first kappa shape index (κ1) is 15.6. The van der Waals surface area contributed by atoms with Crippen LogP contribution in [0.3, 0.4) is 0 Å². The number of benzene rings is 1. The van der Waals surface area contributed by atoms with E-state index in [4.69, 9.17) is 0 Å². The third kappa shape index (κ3) is 3.12. The number of aryl methyl sites for hydroxylation is 1. The molecule has 8 heteroatoms. The molecule has 0 bridgehead atoms. The molecule has 0 N–H and O–H groups in total. The van der Waals surface area contributed by atoms with E-state index in [0.717, 1.165) is 9.87 Å². The molecule has 0 saturated carbocycles. The smallest absolute Gasteiger partial charge is 0.258 e. The zero-order valence-corrected chi connectivity index (χ0v) is 13.1. The topological polar surface area (TPSA) is 80.5 Å². The predicted octanol–water partition coefficient (Wildman–Crippen LogP) is 2.79. The second kappa shape index (κ2) is 5.92. The average Bonchev–Trinajstić information content (AvgIpc) is 2.90. The van der Waals surface area contributed by atoms with Crippen LogP contribution >= 0.6 is 11.3 Å². The minimum absolute atomic E-state index is 0.178. The Bertz CT molecular complexity index is 754. The Morgan fingerprint density at radius 3 is 2.62 bits per heavy atom. The molecule has 0 amide bonds. The predicted molar refractivity (Wildman–Crippen MR) is 80.8 cm³/mol. The fourth-order valence-electron chi connectivity index (χ4n) is 2.00. The summed E-state index contributed by atoms with van der Waals surface area (Å²) >= 11 is 1.47. The third-order valence-electron chi connectivity index (χ3n) is 3.04. The van der Waals surface area contributed by atoms with Crippen LogP contribution in [0.25, 0.3) is 0 Å². The Morgan fingerprint density at radius 1 is 1.33 bits per heavy atom. The van der Waals surface area contributed by atoms with Crippen molar-refractivity contribution in [1.82, 2.24) is 4.31 Å². The standard InChI is InChI=1S/C13H14N2O4S2/c1-10-4-3-5-12(15(16)17)13(10)21(18,19)14(2)8-11-6-7-20-9-11/h3-7,9H,8H2,1-2H3. The van der Waals surface area contributed by atoms with Crippen LogP contribution in [0.15, 0.2) is 39.9 Å². The SMILES string of the molecule is Cc1cccc([N+](=O)[O-])c1S(=O)(=O)N(C)Cc1ccsc1. The molecule has 112 valence electrons. The van der Waals surface area contributed by atoms with Gasteiger partial charge in [0.05, 0.1) is 4.92 Å². The molecule has 0 radical (unpaired) electrons. The molecule has 2 rings (SSSR count). The molecule has 6 nitrogen and oxygen atoms in total. The van der Waals surface area contributed by atoms with Gasteiger partial charge < -0.3 is 0 Å². The summed E-state index contributed by atoms with van der Waals surface area (Å²) in [5.41, 5.74) is 0.816. The average molecular weight is 326 g/mol. The third-order valence-corrected chi connectivity index (χ3v) is 5.77. The van der Waals surface area contributed by atoms with E-state index in [1.54, 1.807) is 13.0 Å². The highest BCUT2D eigenvalue weighted by Crippen LogP contribution is 2.29. The van der Waals surface area contributed by atoms with E-state index in [9.17, 15) is 18.5 Å². The molecular weight excluding hydrogens is 312 g/mol. The van der Waals surface area contributed by atoms with Gasteiger partial charge in [-0.15, -0.1) is 0 Å². The van der Waals surface area contributed by atoms with Gasteiger partial charge in [-0.3, -0.25) is 10.1 Å². The molecule has 21 heavy (non-hydrogen) atoms. The van der Waals surface area contributed by atoms with Gasteiger partial charge in [0.2, 0.25) is 10.0 Å². The van der Waals surface area contributed by atoms with E-state index in [2.05, 4.69) is 0 Å². The molecule has 0 aliphatic carbocycles. The molecule has 0 spiro atoms. The minimum atomic E-state index is -3.93. The van der Waals surface area contributed by atoms with Gasteiger partial charge in [-0.1, -0.05) is 12.1 Å².